The number of ketones is 2. The minimum absolute atomic E-state index is 0.0816. The maximum Gasteiger partial charge on any atom is 0.257 e. The summed E-state index contributed by atoms with van der Waals surface area (Å²) >= 11 is 11.9. The summed E-state index contributed by atoms with van der Waals surface area (Å²) in [6, 6.07) is 13.2. The molecule has 0 saturated carbocycles. The second-order valence-corrected chi connectivity index (χ2v) is 7.97. The molecule has 7 nitrogen and oxygen atoms in total. The van der Waals surface area contributed by atoms with Crippen molar-refractivity contribution in [2.24, 2.45) is 0 Å². The third kappa shape index (κ3) is 3.78. The Balaban J connectivity index is 1.89. The van der Waals surface area contributed by atoms with Gasteiger partial charge in [-0.2, -0.15) is 0 Å². The van der Waals surface area contributed by atoms with Crippen LogP contribution in [-0.4, -0.2) is 31.1 Å². The standard InChI is InChI=1S/C22H17Cl2N5O2/c1-11(19(30)13-3-7-15(23)8-4-13)17-18(29-21(25)27-28-22(29)26-17)12(2)20(31)14-5-9-16(24)10-6-14/h3-11H,1-2H3,(H2,25,27)/b18-12+. The van der Waals surface area contributed by atoms with Crippen LogP contribution in [0.5, 0.6) is 0 Å². The summed E-state index contributed by atoms with van der Waals surface area (Å²) in [4.78, 5) is 30.8. The lowest BCUT2D eigenvalue weighted by molar-refractivity contribution is 0.0963. The van der Waals surface area contributed by atoms with Crippen molar-refractivity contribution >= 4 is 52.1 Å². The van der Waals surface area contributed by atoms with Crippen LogP contribution in [0.1, 0.15) is 46.2 Å². The lowest BCUT2D eigenvalue weighted by Crippen LogP contribution is -2.26. The van der Waals surface area contributed by atoms with Crippen LogP contribution in [0.3, 0.4) is 0 Å². The Morgan fingerprint density at radius 2 is 1.48 bits per heavy atom. The van der Waals surface area contributed by atoms with Crippen LogP contribution in [0.4, 0.5) is 5.95 Å². The third-order valence-electron chi connectivity index (χ3n) is 5.09. The Labute approximate surface area is 187 Å². The van der Waals surface area contributed by atoms with Crippen LogP contribution in [-0.2, 0) is 0 Å². The summed E-state index contributed by atoms with van der Waals surface area (Å²) < 4.78 is 1.49. The number of nitrogens with two attached hydrogens (primary N) is 1. The molecule has 0 saturated heterocycles. The molecule has 0 aliphatic rings. The van der Waals surface area contributed by atoms with E-state index in [4.69, 9.17) is 28.9 Å². The molecule has 2 aromatic carbocycles. The Morgan fingerprint density at radius 1 is 0.935 bits per heavy atom. The van der Waals surface area contributed by atoms with Gasteiger partial charge in [-0.1, -0.05) is 23.2 Å². The third-order valence-corrected chi connectivity index (χ3v) is 5.60. The van der Waals surface area contributed by atoms with Gasteiger partial charge in [0.2, 0.25) is 5.95 Å². The first-order chi connectivity index (χ1) is 14.8. The van der Waals surface area contributed by atoms with Gasteiger partial charge in [0.15, 0.2) is 11.6 Å². The number of hydrogen-bond donors (Lipinski definition) is 1. The molecule has 1 atom stereocenters. The maximum atomic E-state index is 13.2. The van der Waals surface area contributed by atoms with Crippen molar-refractivity contribution in [2.75, 3.05) is 5.73 Å². The molecule has 0 aliphatic carbocycles. The number of nitrogens with zero attached hydrogens (tertiary/aromatic N) is 4. The largest absolute Gasteiger partial charge is 0.368 e. The molecule has 4 aromatic rings. The number of imidazole rings is 1. The fourth-order valence-corrected chi connectivity index (χ4v) is 3.68. The number of Topliss-reactive ketones (excluding diaryl/α,β-unsaturated/α-hetero) is 2. The van der Waals surface area contributed by atoms with E-state index in [1.807, 2.05) is 0 Å². The van der Waals surface area contributed by atoms with Crippen molar-refractivity contribution in [3.8, 4) is 0 Å². The van der Waals surface area contributed by atoms with Gasteiger partial charge in [0.1, 0.15) is 0 Å². The summed E-state index contributed by atoms with van der Waals surface area (Å²) in [6.45, 7) is 3.39. The van der Waals surface area contributed by atoms with Crippen molar-refractivity contribution in [2.45, 2.75) is 19.8 Å². The molecule has 0 fully saturated rings. The van der Waals surface area contributed by atoms with Gasteiger partial charge in [-0.25, -0.2) is 9.38 Å². The fraction of sp³-hybridized carbons (Fsp3) is 0.136. The second kappa shape index (κ2) is 8.09. The number of rotatable bonds is 5. The van der Waals surface area contributed by atoms with E-state index >= 15 is 0 Å². The van der Waals surface area contributed by atoms with Gasteiger partial charge in [-0.15, -0.1) is 10.2 Å². The van der Waals surface area contributed by atoms with E-state index in [0.29, 0.717) is 37.8 Å². The Kier molecular flexibility index (Phi) is 5.47. The first kappa shape index (κ1) is 21.0. The number of aromatic nitrogens is 4. The van der Waals surface area contributed by atoms with Crippen molar-refractivity contribution in [1.82, 2.24) is 19.6 Å². The zero-order valence-corrected chi connectivity index (χ0v) is 18.1. The van der Waals surface area contributed by atoms with Gasteiger partial charge in [0.05, 0.1) is 17.0 Å². The first-order valence-corrected chi connectivity index (χ1v) is 10.1. The van der Waals surface area contributed by atoms with Gasteiger partial charge in [0.25, 0.3) is 5.78 Å². The number of hydrogen-bond acceptors (Lipinski definition) is 6. The summed E-state index contributed by atoms with van der Waals surface area (Å²) in [5, 5.41) is 9.27. The Hall–Kier alpha value is -3.29. The molecule has 0 amide bonds. The highest BCUT2D eigenvalue weighted by Gasteiger charge is 2.26. The van der Waals surface area contributed by atoms with Crippen LogP contribution in [0.15, 0.2) is 48.5 Å². The average Bonchev–Trinajstić information content (AvgIpc) is 3.32. The van der Waals surface area contributed by atoms with Crippen LogP contribution in [0.2, 0.25) is 10.0 Å². The van der Waals surface area contributed by atoms with Gasteiger partial charge < -0.3 is 5.73 Å². The van der Waals surface area contributed by atoms with E-state index in [9.17, 15) is 9.59 Å². The minimum atomic E-state index is -0.662. The molecule has 0 bridgehead atoms. The predicted octanol–water partition coefficient (Wildman–Crippen LogP) is 3.77. The van der Waals surface area contributed by atoms with E-state index in [1.54, 1.807) is 62.4 Å². The summed E-state index contributed by atoms with van der Waals surface area (Å²) in [7, 11) is 0. The zero-order valence-electron chi connectivity index (χ0n) is 16.6. The minimum Gasteiger partial charge on any atom is -0.368 e. The molecule has 0 radical (unpaired) electrons. The highest BCUT2D eigenvalue weighted by atomic mass is 35.5. The number of carbonyl (C=O) groups excluding carboxylic acids is 2. The van der Waals surface area contributed by atoms with E-state index in [0.717, 1.165) is 0 Å². The maximum absolute atomic E-state index is 13.2. The van der Waals surface area contributed by atoms with Crippen LogP contribution in [0, 0.1) is 0 Å². The van der Waals surface area contributed by atoms with E-state index < -0.39 is 5.92 Å². The summed E-state index contributed by atoms with van der Waals surface area (Å²) in [5.41, 5.74) is 7.69. The van der Waals surface area contributed by atoms with Crippen molar-refractivity contribution in [1.29, 1.82) is 0 Å². The fourth-order valence-electron chi connectivity index (χ4n) is 3.43. The molecule has 9 heteroatoms. The number of carbonyl (C=O) groups is 2. The molecule has 31 heavy (non-hydrogen) atoms. The molecule has 2 aromatic heterocycles. The second-order valence-electron chi connectivity index (χ2n) is 7.09. The van der Waals surface area contributed by atoms with Crippen molar-refractivity contribution < 1.29 is 9.59 Å². The van der Waals surface area contributed by atoms with Gasteiger partial charge in [0, 0.05) is 26.7 Å². The van der Waals surface area contributed by atoms with Crippen molar-refractivity contribution in [3.05, 3.63) is 80.7 Å². The number of nitrogen functional groups attached to an aromatic ring is 1. The van der Waals surface area contributed by atoms with E-state index in [1.165, 1.54) is 4.40 Å². The van der Waals surface area contributed by atoms with Gasteiger partial charge in [-0.3, -0.25) is 9.59 Å². The van der Waals surface area contributed by atoms with E-state index in [2.05, 4.69) is 15.2 Å². The number of fused-ring (bicyclic) bond motifs is 1. The SMILES string of the molecule is C/C(C(=O)c1ccc(Cl)cc1)=c1/c(C(C)C(=O)c2ccc(Cl)cc2)nc2nnc(N)n12. The predicted molar refractivity (Wildman–Crippen MR) is 119 cm³/mol. The molecular formula is C22H17Cl2N5O2. The average molecular weight is 454 g/mol. The van der Waals surface area contributed by atoms with Crippen LogP contribution < -0.4 is 11.1 Å². The van der Waals surface area contributed by atoms with Gasteiger partial charge >= 0.3 is 0 Å². The molecule has 2 heterocycles. The number of benzene rings is 2. The molecule has 0 aliphatic heterocycles. The molecule has 2 N–H and O–H groups in total. The molecule has 156 valence electrons. The smallest absolute Gasteiger partial charge is 0.257 e. The number of halogens is 2. The lowest BCUT2D eigenvalue weighted by Gasteiger charge is -2.10. The van der Waals surface area contributed by atoms with E-state index in [-0.39, 0.29) is 23.3 Å². The lowest BCUT2D eigenvalue weighted by atomic mass is 9.94. The van der Waals surface area contributed by atoms with Crippen LogP contribution in [0.25, 0.3) is 11.4 Å². The molecule has 4 rings (SSSR count). The number of anilines is 1. The molecular weight excluding hydrogens is 437 g/mol. The quantitative estimate of drug-likeness (QED) is 0.461. The van der Waals surface area contributed by atoms with Gasteiger partial charge in [-0.05, 0) is 62.4 Å². The Morgan fingerprint density at radius 3 is 2.06 bits per heavy atom. The highest BCUT2D eigenvalue weighted by molar-refractivity contribution is 6.31. The topological polar surface area (TPSA) is 103 Å². The molecule has 0 spiro atoms. The highest BCUT2D eigenvalue weighted by Crippen LogP contribution is 2.21. The van der Waals surface area contributed by atoms with Crippen LogP contribution >= 0.6 is 23.2 Å². The normalized spacial score (nSPS) is 13.3. The first-order valence-electron chi connectivity index (χ1n) is 9.39. The summed E-state index contributed by atoms with van der Waals surface area (Å²) in [5.74, 6) is -0.770. The Bertz CT molecular complexity index is 1360. The monoisotopic (exact) mass is 453 g/mol. The zero-order chi connectivity index (χ0) is 22.3. The summed E-state index contributed by atoms with van der Waals surface area (Å²) in [6.07, 6.45) is 0. The van der Waals surface area contributed by atoms with Crippen molar-refractivity contribution in [3.63, 3.8) is 0 Å². The molecule has 1 unspecified atom stereocenters.